The van der Waals surface area contributed by atoms with Crippen LogP contribution < -0.4 is 10.6 Å². The number of thioether (sulfide) groups is 1. The average molecular weight is 375 g/mol. The van der Waals surface area contributed by atoms with Gasteiger partial charge in [0.25, 0.3) is 5.69 Å². The first-order chi connectivity index (χ1) is 12.5. The lowest BCUT2D eigenvalue weighted by Gasteiger charge is -2.27. The molecule has 2 atom stereocenters. The molecule has 3 rings (SSSR count). The van der Waals surface area contributed by atoms with E-state index >= 15 is 0 Å². The zero-order chi connectivity index (χ0) is 18.7. The molecule has 0 spiro atoms. The lowest BCUT2D eigenvalue weighted by Crippen LogP contribution is -2.40. The van der Waals surface area contributed by atoms with E-state index in [-0.39, 0.29) is 17.5 Å². The maximum absolute atomic E-state index is 13.9. The molecule has 0 radical (unpaired) electrons. The number of carbonyl (C=O) groups is 1. The molecule has 0 saturated carbocycles. The van der Waals surface area contributed by atoms with Gasteiger partial charge in [0.05, 0.1) is 17.0 Å². The van der Waals surface area contributed by atoms with Crippen LogP contribution in [0, 0.1) is 15.9 Å². The fraction of sp³-hybridized carbons (Fsp3) is 0.278. The van der Waals surface area contributed by atoms with Gasteiger partial charge in [0.15, 0.2) is 0 Å². The molecule has 1 heterocycles. The smallest absolute Gasteiger partial charge is 0.315 e. The van der Waals surface area contributed by atoms with Crippen molar-refractivity contribution >= 4 is 23.5 Å². The second-order valence-corrected chi connectivity index (χ2v) is 7.14. The summed E-state index contributed by atoms with van der Waals surface area (Å²) in [6, 6.07) is 9.96. The Morgan fingerprint density at radius 1 is 1.35 bits per heavy atom. The Kier molecular flexibility index (Phi) is 5.41. The van der Waals surface area contributed by atoms with E-state index in [4.69, 9.17) is 0 Å². The van der Waals surface area contributed by atoms with Crippen molar-refractivity contribution in [1.29, 1.82) is 0 Å². The highest BCUT2D eigenvalue weighted by Crippen LogP contribution is 2.37. The first-order valence-electron chi connectivity index (χ1n) is 8.18. The van der Waals surface area contributed by atoms with E-state index in [1.54, 1.807) is 25.1 Å². The monoisotopic (exact) mass is 375 g/mol. The number of benzene rings is 2. The highest BCUT2D eigenvalue weighted by Gasteiger charge is 2.25. The molecule has 0 bridgehead atoms. The standard InChI is InChI=1S/C18H18FN3O3S/c1-11(12-4-2-5-13(10-12)22(24)25)20-18(23)21-16-8-9-26-17-14(16)6-3-7-15(17)19/h2-7,10-11,16H,8-9H2,1H3,(H2,20,21,23)/t11-,16-/m0/s1. The second-order valence-electron chi connectivity index (χ2n) is 6.04. The van der Waals surface area contributed by atoms with Crippen LogP contribution in [0.2, 0.25) is 0 Å². The van der Waals surface area contributed by atoms with Crippen LogP contribution in [-0.2, 0) is 0 Å². The number of halogens is 1. The summed E-state index contributed by atoms with van der Waals surface area (Å²) in [4.78, 5) is 23.3. The van der Waals surface area contributed by atoms with Crippen LogP contribution in [0.4, 0.5) is 14.9 Å². The Hall–Kier alpha value is -2.61. The summed E-state index contributed by atoms with van der Waals surface area (Å²) in [5, 5.41) is 16.5. The third-order valence-electron chi connectivity index (χ3n) is 4.26. The molecule has 2 aromatic rings. The van der Waals surface area contributed by atoms with Gasteiger partial charge in [0.2, 0.25) is 0 Å². The molecule has 136 valence electrons. The number of nitrogens with one attached hydrogen (secondary N) is 2. The largest absolute Gasteiger partial charge is 0.332 e. The average Bonchev–Trinajstić information content (AvgIpc) is 2.62. The zero-order valence-electron chi connectivity index (χ0n) is 14.1. The van der Waals surface area contributed by atoms with Crippen molar-refractivity contribution in [3.8, 4) is 0 Å². The highest BCUT2D eigenvalue weighted by atomic mass is 32.2. The molecule has 6 nitrogen and oxygen atoms in total. The normalized spacial score (nSPS) is 17.1. The molecule has 2 amide bonds. The Morgan fingerprint density at radius 2 is 2.12 bits per heavy atom. The van der Waals surface area contributed by atoms with Gasteiger partial charge in [0, 0.05) is 22.8 Å². The fourth-order valence-electron chi connectivity index (χ4n) is 2.92. The van der Waals surface area contributed by atoms with Crippen molar-refractivity contribution in [3.63, 3.8) is 0 Å². The zero-order valence-corrected chi connectivity index (χ0v) is 14.9. The molecular formula is C18H18FN3O3S. The summed E-state index contributed by atoms with van der Waals surface area (Å²) in [6.07, 6.45) is 0.708. The van der Waals surface area contributed by atoms with Gasteiger partial charge in [-0.2, -0.15) is 0 Å². The summed E-state index contributed by atoms with van der Waals surface area (Å²) in [5.41, 5.74) is 1.39. The van der Waals surface area contributed by atoms with Crippen molar-refractivity contribution < 1.29 is 14.1 Å². The summed E-state index contributed by atoms with van der Waals surface area (Å²) >= 11 is 1.45. The Bertz CT molecular complexity index is 846. The number of nitro groups is 1. The van der Waals surface area contributed by atoms with Crippen LogP contribution in [0.15, 0.2) is 47.4 Å². The molecule has 2 N–H and O–H groups in total. The number of urea groups is 1. The number of carbonyl (C=O) groups excluding carboxylic acids is 1. The van der Waals surface area contributed by atoms with Crippen LogP contribution in [0.25, 0.3) is 0 Å². The van der Waals surface area contributed by atoms with E-state index < -0.39 is 17.0 Å². The second kappa shape index (κ2) is 7.74. The number of fused-ring (bicyclic) bond motifs is 1. The van der Waals surface area contributed by atoms with Crippen LogP contribution in [-0.4, -0.2) is 16.7 Å². The first kappa shape index (κ1) is 18.2. The van der Waals surface area contributed by atoms with E-state index in [1.807, 2.05) is 6.07 Å². The maximum atomic E-state index is 13.9. The van der Waals surface area contributed by atoms with E-state index in [0.29, 0.717) is 16.9 Å². The molecular weight excluding hydrogens is 357 g/mol. The van der Waals surface area contributed by atoms with Crippen LogP contribution in [0.3, 0.4) is 0 Å². The van der Waals surface area contributed by atoms with Gasteiger partial charge in [-0.1, -0.05) is 24.3 Å². The molecule has 0 saturated heterocycles. The Balaban J connectivity index is 1.67. The number of hydrogen-bond acceptors (Lipinski definition) is 4. The van der Waals surface area contributed by atoms with E-state index in [1.165, 1.54) is 30.0 Å². The Labute approximate surface area is 154 Å². The third kappa shape index (κ3) is 3.96. The van der Waals surface area contributed by atoms with Crippen LogP contribution in [0.5, 0.6) is 0 Å². The minimum atomic E-state index is -0.471. The molecule has 2 aromatic carbocycles. The molecule has 26 heavy (non-hydrogen) atoms. The van der Waals surface area contributed by atoms with E-state index in [9.17, 15) is 19.3 Å². The highest BCUT2D eigenvalue weighted by molar-refractivity contribution is 7.99. The number of hydrogen-bond donors (Lipinski definition) is 2. The first-order valence-corrected chi connectivity index (χ1v) is 9.17. The minimum Gasteiger partial charge on any atom is -0.332 e. The summed E-state index contributed by atoms with van der Waals surface area (Å²) in [5.74, 6) is 0.448. The maximum Gasteiger partial charge on any atom is 0.315 e. The third-order valence-corrected chi connectivity index (χ3v) is 5.42. The van der Waals surface area contributed by atoms with Gasteiger partial charge >= 0.3 is 6.03 Å². The van der Waals surface area contributed by atoms with Crippen LogP contribution in [0.1, 0.15) is 36.6 Å². The summed E-state index contributed by atoms with van der Waals surface area (Å²) in [6.45, 7) is 1.75. The van der Waals surface area contributed by atoms with Crippen molar-refractivity contribution in [2.45, 2.75) is 30.3 Å². The van der Waals surface area contributed by atoms with Gasteiger partial charge in [-0.25, -0.2) is 9.18 Å². The number of amides is 2. The lowest BCUT2D eigenvalue weighted by atomic mass is 10.0. The molecule has 8 heteroatoms. The Morgan fingerprint density at radius 3 is 2.88 bits per heavy atom. The van der Waals surface area contributed by atoms with Gasteiger partial charge in [0.1, 0.15) is 5.82 Å². The van der Waals surface area contributed by atoms with Crippen molar-refractivity contribution in [3.05, 3.63) is 69.5 Å². The predicted octanol–water partition coefficient (Wildman–Crippen LogP) is 4.33. The molecule has 0 fully saturated rings. The van der Waals surface area contributed by atoms with Gasteiger partial charge < -0.3 is 10.6 Å². The SMILES string of the molecule is C[C@H](NC(=O)N[C@H]1CCSc2c(F)cccc21)c1cccc([N+](=O)[O-])c1. The molecule has 0 aromatic heterocycles. The van der Waals surface area contributed by atoms with Crippen molar-refractivity contribution in [1.82, 2.24) is 10.6 Å². The summed E-state index contributed by atoms with van der Waals surface area (Å²) < 4.78 is 13.9. The predicted molar refractivity (Wildman–Crippen MR) is 97.7 cm³/mol. The lowest BCUT2D eigenvalue weighted by molar-refractivity contribution is -0.384. The summed E-state index contributed by atoms with van der Waals surface area (Å²) in [7, 11) is 0. The van der Waals surface area contributed by atoms with E-state index in [2.05, 4.69) is 10.6 Å². The number of nitro benzene ring substituents is 1. The number of non-ortho nitro benzene ring substituents is 1. The topological polar surface area (TPSA) is 84.3 Å². The quantitative estimate of drug-likeness (QED) is 0.615. The molecule has 1 aliphatic rings. The minimum absolute atomic E-state index is 0.0229. The van der Waals surface area contributed by atoms with E-state index in [0.717, 1.165) is 11.3 Å². The van der Waals surface area contributed by atoms with Gasteiger partial charge in [-0.05, 0) is 30.5 Å². The molecule has 0 unspecified atom stereocenters. The van der Waals surface area contributed by atoms with Gasteiger partial charge in [-0.3, -0.25) is 10.1 Å². The van der Waals surface area contributed by atoms with Crippen molar-refractivity contribution in [2.24, 2.45) is 0 Å². The van der Waals surface area contributed by atoms with Gasteiger partial charge in [-0.15, -0.1) is 11.8 Å². The fourth-order valence-corrected chi connectivity index (χ4v) is 4.06. The number of nitrogens with zero attached hydrogens (tertiary/aromatic N) is 1. The molecule has 0 aliphatic carbocycles. The van der Waals surface area contributed by atoms with Crippen molar-refractivity contribution in [2.75, 3.05) is 5.75 Å². The number of rotatable bonds is 4. The van der Waals surface area contributed by atoms with Crippen LogP contribution >= 0.6 is 11.8 Å². The molecule has 1 aliphatic heterocycles.